The lowest BCUT2D eigenvalue weighted by Gasteiger charge is -2.34. The van der Waals surface area contributed by atoms with E-state index in [2.05, 4.69) is 12.2 Å². The number of thiocarbonyl (C=S) groups is 1. The summed E-state index contributed by atoms with van der Waals surface area (Å²) in [5.74, 6) is 0.346. The van der Waals surface area contributed by atoms with E-state index in [1.807, 2.05) is 0 Å². The minimum absolute atomic E-state index is 0.0570. The van der Waals surface area contributed by atoms with Crippen LogP contribution in [0, 0.1) is 5.92 Å². The van der Waals surface area contributed by atoms with Gasteiger partial charge in [0.05, 0.1) is 4.90 Å². The minimum atomic E-state index is -4.41. The molecule has 0 radical (unpaired) electrons. The number of hydrogen-bond donors (Lipinski definition) is 2. The Labute approximate surface area is 163 Å². The fourth-order valence-corrected chi connectivity index (χ4v) is 4.00. The fraction of sp³-hybridized carbons (Fsp3) is 0.588. The maximum absolute atomic E-state index is 13.0. The Hall–Kier alpha value is -1.39. The number of alkyl halides is 3. The zero-order valence-electron chi connectivity index (χ0n) is 15.0. The third-order valence-electron chi connectivity index (χ3n) is 4.70. The van der Waals surface area contributed by atoms with Crippen LogP contribution in [0.4, 0.5) is 13.2 Å². The average molecular weight is 424 g/mol. The van der Waals surface area contributed by atoms with Crippen molar-refractivity contribution in [3.05, 3.63) is 29.8 Å². The molecule has 0 amide bonds. The first kappa shape index (κ1) is 21.9. The standard InChI is InChI=1S/C17H24F3N3O2S2/c1-12-4-2-3-5-15(12)22-16(26)23(11-17(18,19)20)10-13-6-8-14(9-7-13)27(21,24)25/h6-9,12,15H,2-5,10-11H2,1H3,(H,22,26)(H2,21,24,25)/t12-,15+/m1/s1. The summed E-state index contributed by atoms with van der Waals surface area (Å²) in [5, 5.41) is 8.18. The number of nitrogens with two attached hydrogens (primary N) is 1. The molecule has 2 atom stereocenters. The van der Waals surface area contributed by atoms with Crippen molar-refractivity contribution in [2.75, 3.05) is 6.54 Å². The molecule has 1 saturated carbocycles. The predicted molar refractivity (Wildman–Crippen MR) is 101 cm³/mol. The Morgan fingerprint density at radius 1 is 1.26 bits per heavy atom. The Morgan fingerprint density at radius 2 is 1.85 bits per heavy atom. The first-order valence-corrected chi connectivity index (χ1v) is 10.6. The number of rotatable bonds is 5. The maximum atomic E-state index is 13.0. The zero-order chi connectivity index (χ0) is 20.2. The molecule has 2 rings (SSSR count). The molecule has 1 aliphatic carbocycles. The van der Waals surface area contributed by atoms with Gasteiger partial charge in [0.15, 0.2) is 5.11 Å². The lowest BCUT2D eigenvalue weighted by Crippen LogP contribution is -2.49. The van der Waals surface area contributed by atoms with Crippen molar-refractivity contribution in [2.24, 2.45) is 11.1 Å². The van der Waals surface area contributed by atoms with Gasteiger partial charge in [0, 0.05) is 12.6 Å². The monoisotopic (exact) mass is 423 g/mol. The summed E-state index contributed by atoms with van der Waals surface area (Å²) in [7, 11) is -3.85. The third-order valence-corrected chi connectivity index (χ3v) is 6.01. The summed E-state index contributed by atoms with van der Waals surface area (Å²) in [6, 6.07) is 5.49. The van der Waals surface area contributed by atoms with Gasteiger partial charge in [-0.25, -0.2) is 13.6 Å². The van der Waals surface area contributed by atoms with Gasteiger partial charge in [0.1, 0.15) is 6.54 Å². The van der Waals surface area contributed by atoms with Crippen molar-refractivity contribution in [1.29, 1.82) is 0 Å². The van der Waals surface area contributed by atoms with Crippen LogP contribution in [0.5, 0.6) is 0 Å². The van der Waals surface area contributed by atoms with Gasteiger partial charge in [0.2, 0.25) is 10.0 Å². The molecule has 1 aromatic carbocycles. The number of nitrogens with one attached hydrogen (secondary N) is 1. The van der Waals surface area contributed by atoms with E-state index in [1.165, 1.54) is 24.3 Å². The van der Waals surface area contributed by atoms with E-state index >= 15 is 0 Å². The molecule has 1 aliphatic rings. The second kappa shape index (κ2) is 8.74. The SMILES string of the molecule is C[C@@H]1CCCC[C@@H]1NC(=S)N(Cc1ccc(S(N)(=O)=O)cc1)CC(F)(F)F. The third kappa shape index (κ3) is 6.93. The Bertz CT molecular complexity index is 752. The summed E-state index contributed by atoms with van der Waals surface area (Å²) in [6.07, 6.45) is -0.364. The smallest absolute Gasteiger partial charge is 0.360 e. The van der Waals surface area contributed by atoms with Crippen LogP contribution in [0.15, 0.2) is 29.2 Å². The summed E-state index contributed by atoms with van der Waals surface area (Å²) >= 11 is 5.26. The summed E-state index contributed by atoms with van der Waals surface area (Å²) in [6.45, 7) is 0.799. The van der Waals surface area contributed by atoms with E-state index in [0.29, 0.717) is 11.5 Å². The van der Waals surface area contributed by atoms with E-state index in [-0.39, 0.29) is 22.6 Å². The average Bonchev–Trinajstić information content (AvgIpc) is 2.55. The number of hydrogen-bond acceptors (Lipinski definition) is 3. The van der Waals surface area contributed by atoms with Gasteiger partial charge in [0.25, 0.3) is 0 Å². The van der Waals surface area contributed by atoms with Gasteiger partial charge in [-0.1, -0.05) is 31.9 Å². The zero-order valence-corrected chi connectivity index (χ0v) is 16.6. The fourth-order valence-electron chi connectivity index (χ4n) is 3.20. The quantitative estimate of drug-likeness (QED) is 0.712. The van der Waals surface area contributed by atoms with Crippen molar-refractivity contribution < 1.29 is 21.6 Å². The lowest BCUT2D eigenvalue weighted by molar-refractivity contribution is -0.138. The lowest BCUT2D eigenvalue weighted by atomic mass is 9.86. The topological polar surface area (TPSA) is 75.4 Å². The highest BCUT2D eigenvalue weighted by atomic mass is 32.2. The summed E-state index contributed by atoms with van der Waals surface area (Å²) in [5.41, 5.74) is 0.507. The maximum Gasteiger partial charge on any atom is 0.406 e. The first-order valence-electron chi connectivity index (χ1n) is 8.69. The van der Waals surface area contributed by atoms with Crippen LogP contribution < -0.4 is 10.5 Å². The first-order chi connectivity index (χ1) is 12.5. The second-order valence-electron chi connectivity index (χ2n) is 6.98. The van der Waals surface area contributed by atoms with Gasteiger partial charge in [-0.15, -0.1) is 0 Å². The van der Waals surface area contributed by atoms with Gasteiger partial charge in [-0.2, -0.15) is 13.2 Å². The molecule has 3 N–H and O–H groups in total. The van der Waals surface area contributed by atoms with Crippen LogP contribution in [0.2, 0.25) is 0 Å². The Balaban J connectivity index is 2.12. The van der Waals surface area contributed by atoms with Crippen molar-refractivity contribution in [2.45, 2.75) is 56.3 Å². The number of nitrogens with zero attached hydrogens (tertiary/aromatic N) is 1. The molecular formula is C17H24F3N3O2S2. The van der Waals surface area contributed by atoms with Gasteiger partial charge in [-0.3, -0.25) is 0 Å². The van der Waals surface area contributed by atoms with Crippen LogP contribution in [0.3, 0.4) is 0 Å². The van der Waals surface area contributed by atoms with Gasteiger partial charge < -0.3 is 10.2 Å². The highest BCUT2D eigenvalue weighted by molar-refractivity contribution is 7.89. The highest BCUT2D eigenvalue weighted by Gasteiger charge is 2.33. The molecular weight excluding hydrogens is 399 g/mol. The largest absolute Gasteiger partial charge is 0.406 e. The van der Waals surface area contributed by atoms with Crippen LogP contribution in [-0.4, -0.2) is 37.2 Å². The number of sulfonamides is 1. The number of primary sulfonamides is 1. The van der Waals surface area contributed by atoms with Crippen molar-refractivity contribution in [1.82, 2.24) is 10.2 Å². The van der Waals surface area contributed by atoms with E-state index in [4.69, 9.17) is 17.4 Å². The molecule has 10 heteroatoms. The molecule has 5 nitrogen and oxygen atoms in total. The van der Waals surface area contributed by atoms with Crippen LogP contribution in [-0.2, 0) is 16.6 Å². The molecule has 152 valence electrons. The van der Waals surface area contributed by atoms with Gasteiger partial charge in [-0.05, 0) is 48.7 Å². The molecule has 0 bridgehead atoms. The van der Waals surface area contributed by atoms with E-state index < -0.39 is 22.7 Å². The highest BCUT2D eigenvalue weighted by Crippen LogP contribution is 2.25. The molecule has 0 aliphatic heterocycles. The van der Waals surface area contributed by atoms with Crippen molar-refractivity contribution in [3.8, 4) is 0 Å². The molecule has 0 unspecified atom stereocenters. The normalized spacial score (nSPS) is 20.9. The van der Waals surface area contributed by atoms with E-state index in [0.717, 1.165) is 30.6 Å². The van der Waals surface area contributed by atoms with E-state index in [1.54, 1.807) is 0 Å². The number of benzene rings is 1. The molecule has 1 aromatic rings. The molecule has 27 heavy (non-hydrogen) atoms. The molecule has 0 heterocycles. The van der Waals surface area contributed by atoms with Crippen molar-refractivity contribution >= 4 is 27.4 Å². The van der Waals surface area contributed by atoms with Crippen LogP contribution in [0.1, 0.15) is 38.2 Å². The molecule has 0 spiro atoms. The van der Waals surface area contributed by atoms with Crippen LogP contribution >= 0.6 is 12.2 Å². The summed E-state index contributed by atoms with van der Waals surface area (Å²) < 4.78 is 61.7. The van der Waals surface area contributed by atoms with Gasteiger partial charge >= 0.3 is 6.18 Å². The number of halogens is 3. The van der Waals surface area contributed by atoms with E-state index in [9.17, 15) is 21.6 Å². The van der Waals surface area contributed by atoms with Crippen LogP contribution in [0.25, 0.3) is 0 Å². The predicted octanol–water partition coefficient (Wildman–Crippen LogP) is 3.15. The second-order valence-corrected chi connectivity index (χ2v) is 8.93. The van der Waals surface area contributed by atoms with Crippen molar-refractivity contribution in [3.63, 3.8) is 0 Å². The molecule has 1 fully saturated rings. The Kier molecular flexibility index (Phi) is 7.09. The molecule has 0 saturated heterocycles. The Morgan fingerprint density at radius 3 is 2.37 bits per heavy atom. The molecule has 0 aromatic heterocycles. The summed E-state index contributed by atoms with van der Waals surface area (Å²) in [4.78, 5) is 0.966. The minimum Gasteiger partial charge on any atom is -0.360 e.